The molecule has 0 aromatic heterocycles. The van der Waals surface area contributed by atoms with E-state index in [9.17, 15) is 5.11 Å². The predicted octanol–water partition coefficient (Wildman–Crippen LogP) is 2.73. The molecule has 98 valence electrons. The van der Waals surface area contributed by atoms with Gasteiger partial charge in [0, 0.05) is 6.42 Å². The summed E-state index contributed by atoms with van der Waals surface area (Å²) in [6.07, 6.45) is -0.225. The third-order valence-corrected chi connectivity index (χ3v) is 3.45. The smallest absolute Gasteiger partial charge is 0.150 e. The summed E-state index contributed by atoms with van der Waals surface area (Å²) in [6, 6.07) is 15.5. The van der Waals surface area contributed by atoms with Gasteiger partial charge in [-0.05, 0) is 29.3 Å². The van der Waals surface area contributed by atoms with Crippen molar-refractivity contribution in [3.63, 3.8) is 0 Å². The van der Waals surface area contributed by atoms with Crippen molar-refractivity contribution in [2.24, 2.45) is 0 Å². The Morgan fingerprint density at radius 1 is 1.11 bits per heavy atom. The molecule has 0 unspecified atom stereocenters. The summed E-state index contributed by atoms with van der Waals surface area (Å²) in [7, 11) is 1.64. The van der Waals surface area contributed by atoms with E-state index in [0.717, 1.165) is 22.6 Å². The normalized spacial score (nSPS) is 21.4. The number of fused-ring (bicyclic) bond motifs is 1. The van der Waals surface area contributed by atoms with Crippen LogP contribution in [-0.4, -0.2) is 18.3 Å². The Morgan fingerprint density at radius 2 is 1.84 bits per heavy atom. The molecule has 19 heavy (non-hydrogen) atoms. The highest BCUT2D eigenvalue weighted by Gasteiger charge is 2.29. The van der Waals surface area contributed by atoms with Crippen LogP contribution in [-0.2, 0) is 6.42 Å². The van der Waals surface area contributed by atoms with Crippen LogP contribution in [0.3, 0.4) is 0 Å². The molecular weight excluding hydrogens is 240 g/mol. The molecule has 1 N–H and O–H groups in total. The predicted molar refractivity (Wildman–Crippen MR) is 72.5 cm³/mol. The molecule has 3 heteroatoms. The number of hydrogen-bond acceptors (Lipinski definition) is 3. The maximum absolute atomic E-state index is 10.2. The van der Waals surface area contributed by atoms with Crippen LogP contribution in [0.25, 0.3) is 0 Å². The van der Waals surface area contributed by atoms with E-state index in [-0.39, 0.29) is 6.10 Å². The molecule has 0 aliphatic carbocycles. The molecule has 0 amide bonds. The van der Waals surface area contributed by atoms with Gasteiger partial charge in [0.15, 0.2) is 0 Å². The van der Waals surface area contributed by atoms with E-state index >= 15 is 0 Å². The quantitative estimate of drug-likeness (QED) is 0.898. The van der Waals surface area contributed by atoms with Gasteiger partial charge in [-0.1, -0.05) is 30.3 Å². The zero-order chi connectivity index (χ0) is 13.2. The van der Waals surface area contributed by atoms with Gasteiger partial charge in [-0.2, -0.15) is 0 Å². The van der Waals surface area contributed by atoms with Gasteiger partial charge in [0.25, 0.3) is 0 Å². The van der Waals surface area contributed by atoms with Crippen LogP contribution in [0, 0.1) is 0 Å². The van der Waals surface area contributed by atoms with Crippen molar-refractivity contribution in [2.45, 2.75) is 18.6 Å². The number of hydrogen-bond donors (Lipinski definition) is 1. The third-order valence-electron chi connectivity index (χ3n) is 3.45. The van der Waals surface area contributed by atoms with Crippen molar-refractivity contribution in [1.82, 2.24) is 0 Å². The summed E-state index contributed by atoms with van der Waals surface area (Å²) in [6.45, 7) is 0. The number of aliphatic hydroxyl groups excluding tert-OH is 1. The fourth-order valence-corrected chi connectivity index (χ4v) is 2.42. The molecule has 1 heterocycles. The summed E-state index contributed by atoms with van der Waals surface area (Å²) in [5.41, 5.74) is 2.02. The molecule has 2 aromatic rings. The first-order chi connectivity index (χ1) is 9.28. The lowest BCUT2D eigenvalue weighted by Gasteiger charge is -2.30. The van der Waals surface area contributed by atoms with Crippen LogP contribution in [0.1, 0.15) is 17.2 Å². The minimum atomic E-state index is -0.525. The second-order valence-corrected chi connectivity index (χ2v) is 4.69. The molecule has 0 fully saturated rings. The van der Waals surface area contributed by atoms with Gasteiger partial charge in [0.1, 0.15) is 17.6 Å². The lowest BCUT2D eigenvalue weighted by atomic mass is 9.95. The molecule has 0 bridgehead atoms. The Labute approximate surface area is 112 Å². The van der Waals surface area contributed by atoms with Crippen LogP contribution < -0.4 is 9.47 Å². The van der Waals surface area contributed by atoms with E-state index in [1.807, 2.05) is 48.5 Å². The summed E-state index contributed by atoms with van der Waals surface area (Å²) < 4.78 is 11.0. The van der Waals surface area contributed by atoms with Crippen molar-refractivity contribution < 1.29 is 14.6 Å². The minimum Gasteiger partial charge on any atom is -0.497 e. The number of aliphatic hydroxyl groups is 1. The number of rotatable bonds is 2. The average molecular weight is 256 g/mol. The number of ether oxygens (including phenoxy) is 2. The lowest BCUT2D eigenvalue weighted by Crippen LogP contribution is -2.30. The highest BCUT2D eigenvalue weighted by atomic mass is 16.5. The van der Waals surface area contributed by atoms with Crippen LogP contribution in [0.5, 0.6) is 11.5 Å². The Balaban J connectivity index is 1.89. The maximum atomic E-state index is 10.2. The maximum Gasteiger partial charge on any atom is 0.150 e. The summed E-state index contributed by atoms with van der Waals surface area (Å²) in [4.78, 5) is 0. The largest absolute Gasteiger partial charge is 0.497 e. The van der Waals surface area contributed by atoms with Gasteiger partial charge in [-0.15, -0.1) is 0 Å². The first-order valence-electron chi connectivity index (χ1n) is 6.34. The van der Waals surface area contributed by atoms with Crippen molar-refractivity contribution in [3.05, 3.63) is 59.7 Å². The van der Waals surface area contributed by atoms with Crippen LogP contribution >= 0.6 is 0 Å². The van der Waals surface area contributed by atoms with E-state index in [1.54, 1.807) is 7.11 Å². The highest BCUT2D eigenvalue weighted by Crippen LogP contribution is 2.35. The molecule has 0 radical (unpaired) electrons. The molecule has 0 spiro atoms. The van der Waals surface area contributed by atoms with Crippen molar-refractivity contribution >= 4 is 0 Å². The second kappa shape index (κ2) is 4.94. The fourth-order valence-electron chi connectivity index (χ4n) is 2.42. The van der Waals surface area contributed by atoms with Gasteiger partial charge in [-0.3, -0.25) is 0 Å². The summed E-state index contributed by atoms with van der Waals surface area (Å²) in [5.74, 6) is 1.66. The van der Waals surface area contributed by atoms with Gasteiger partial charge in [0.05, 0.1) is 13.2 Å². The number of methoxy groups -OCH3 is 1. The number of benzene rings is 2. The average Bonchev–Trinajstić information content (AvgIpc) is 2.47. The molecule has 2 aromatic carbocycles. The Morgan fingerprint density at radius 3 is 2.58 bits per heavy atom. The van der Waals surface area contributed by atoms with Crippen molar-refractivity contribution in [1.29, 1.82) is 0 Å². The second-order valence-electron chi connectivity index (χ2n) is 4.69. The zero-order valence-corrected chi connectivity index (χ0v) is 10.7. The van der Waals surface area contributed by atoms with Crippen LogP contribution in [0.2, 0.25) is 0 Å². The van der Waals surface area contributed by atoms with E-state index in [4.69, 9.17) is 9.47 Å². The van der Waals surface area contributed by atoms with Gasteiger partial charge in [0.2, 0.25) is 0 Å². The molecule has 3 rings (SSSR count). The van der Waals surface area contributed by atoms with E-state index < -0.39 is 6.10 Å². The molecule has 3 nitrogen and oxygen atoms in total. The van der Waals surface area contributed by atoms with Crippen molar-refractivity contribution in [3.8, 4) is 11.5 Å². The van der Waals surface area contributed by atoms with E-state index in [0.29, 0.717) is 6.42 Å². The van der Waals surface area contributed by atoms with Gasteiger partial charge >= 0.3 is 0 Å². The molecule has 0 saturated carbocycles. The molecule has 0 saturated heterocycles. The molecule has 2 atom stereocenters. The minimum absolute atomic E-state index is 0.319. The Hall–Kier alpha value is -2.00. The van der Waals surface area contributed by atoms with Gasteiger partial charge in [-0.25, -0.2) is 0 Å². The first kappa shape index (κ1) is 12.1. The van der Waals surface area contributed by atoms with Crippen LogP contribution in [0.4, 0.5) is 0 Å². The third kappa shape index (κ3) is 2.29. The molecular formula is C16H16O3. The Kier molecular flexibility index (Phi) is 3.13. The number of para-hydroxylation sites is 1. The standard InChI is InChI=1S/C16H16O3/c1-18-13-8-6-11(7-9-13)16-14(17)10-12-4-2-3-5-15(12)19-16/h2-9,14,16-17H,10H2,1H3/t14-,16+/m1/s1. The SMILES string of the molecule is COc1ccc([C@@H]2Oc3ccccc3C[C@H]2O)cc1. The Bertz CT molecular complexity index is 562. The molecule has 1 aliphatic rings. The molecule has 1 aliphatic heterocycles. The summed E-state index contributed by atoms with van der Waals surface area (Å²) >= 11 is 0. The summed E-state index contributed by atoms with van der Waals surface area (Å²) in [5, 5.41) is 10.2. The zero-order valence-electron chi connectivity index (χ0n) is 10.7. The fraction of sp³-hybridized carbons (Fsp3) is 0.250. The monoisotopic (exact) mass is 256 g/mol. The van der Waals surface area contributed by atoms with E-state index in [1.165, 1.54) is 0 Å². The van der Waals surface area contributed by atoms with Gasteiger partial charge < -0.3 is 14.6 Å². The first-order valence-corrected chi connectivity index (χ1v) is 6.34. The van der Waals surface area contributed by atoms with E-state index in [2.05, 4.69) is 0 Å². The highest BCUT2D eigenvalue weighted by molar-refractivity contribution is 5.38. The lowest BCUT2D eigenvalue weighted by molar-refractivity contribution is 0.0208. The topological polar surface area (TPSA) is 38.7 Å². The van der Waals surface area contributed by atoms with Crippen LogP contribution in [0.15, 0.2) is 48.5 Å². The van der Waals surface area contributed by atoms with Crippen molar-refractivity contribution in [2.75, 3.05) is 7.11 Å².